The Morgan fingerprint density at radius 2 is 2.17 bits per heavy atom. The molecule has 2 rings (SSSR count). The summed E-state index contributed by atoms with van der Waals surface area (Å²) in [4.78, 5) is 11.4. The van der Waals surface area contributed by atoms with Crippen molar-refractivity contribution in [1.29, 1.82) is 0 Å². The van der Waals surface area contributed by atoms with Crippen LogP contribution < -0.4 is 0 Å². The molecule has 12 heavy (non-hydrogen) atoms. The first-order valence-electron chi connectivity index (χ1n) is 3.72. The van der Waals surface area contributed by atoms with Crippen LogP contribution in [-0.2, 0) is 4.79 Å². The number of alkyl halides is 2. The van der Waals surface area contributed by atoms with E-state index in [1.54, 1.807) is 11.8 Å². The van der Waals surface area contributed by atoms with Crippen LogP contribution in [0.25, 0.3) is 0 Å². The van der Waals surface area contributed by atoms with E-state index in [0.717, 1.165) is 0 Å². The molecule has 0 aliphatic heterocycles. The molecule has 0 heterocycles. The van der Waals surface area contributed by atoms with Crippen molar-refractivity contribution in [3.8, 4) is 0 Å². The van der Waals surface area contributed by atoms with Gasteiger partial charge in [-0.1, -0.05) is 35.4 Å². The molecule has 0 bridgehead atoms. The van der Waals surface area contributed by atoms with E-state index in [2.05, 4.69) is 0 Å². The predicted octanol–water partition coefficient (Wildman–Crippen LogP) is 2.28. The van der Waals surface area contributed by atoms with Crippen molar-refractivity contribution in [3.05, 3.63) is 12.2 Å². The van der Waals surface area contributed by atoms with Gasteiger partial charge in [0.05, 0.1) is 0 Å². The van der Waals surface area contributed by atoms with Crippen molar-refractivity contribution < 1.29 is 4.79 Å². The maximum Gasteiger partial charge on any atom is 0.183 e. The van der Waals surface area contributed by atoms with Crippen LogP contribution in [0.15, 0.2) is 12.2 Å². The van der Waals surface area contributed by atoms with Crippen LogP contribution in [-0.4, -0.2) is 21.6 Å². The Hall–Kier alpha value is 0.340. The molecule has 0 aromatic rings. The fourth-order valence-electron chi connectivity index (χ4n) is 1.85. The topological polar surface area (TPSA) is 17.1 Å². The minimum Gasteiger partial charge on any atom is -0.296 e. The Morgan fingerprint density at radius 1 is 1.50 bits per heavy atom. The fraction of sp³-hybridized carbons (Fsp3) is 0.625. The van der Waals surface area contributed by atoms with E-state index in [4.69, 9.17) is 23.2 Å². The summed E-state index contributed by atoms with van der Waals surface area (Å²) in [5.74, 6) is 0.0703. The average molecular weight is 223 g/mol. The van der Waals surface area contributed by atoms with Gasteiger partial charge in [-0.15, -0.1) is 0 Å². The number of fused-ring (bicyclic) bond motifs is 1. The average Bonchev–Trinajstić information content (AvgIpc) is 2.44. The molecule has 0 amide bonds. The van der Waals surface area contributed by atoms with Gasteiger partial charge in [0.15, 0.2) is 10.1 Å². The molecule has 0 unspecified atom stereocenters. The van der Waals surface area contributed by atoms with Gasteiger partial charge in [-0.25, -0.2) is 0 Å². The minimum atomic E-state index is -1.13. The first-order valence-corrected chi connectivity index (χ1v) is 5.76. The smallest absolute Gasteiger partial charge is 0.183 e. The number of carbonyl (C=O) groups excluding carboxylic acids is 1. The molecule has 1 saturated carbocycles. The number of carbonyl (C=O) groups is 1. The Morgan fingerprint density at radius 3 is 2.75 bits per heavy atom. The lowest BCUT2D eigenvalue weighted by Crippen LogP contribution is -2.56. The molecule has 0 radical (unpaired) electrons. The van der Waals surface area contributed by atoms with Crippen molar-refractivity contribution in [2.45, 2.75) is 9.58 Å². The summed E-state index contributed by atoms with van der Waals surface area (Å²) in [6.45, 7) is 0. The van der Waals surface area contributed by atoms with E-state index >= 15 is 0 Å². The summed E-state index contributed by atoms with van der Waals surface area (Å²) in [5.41, 5.74) is 0. The molecular weight excluding hydrogens is 215 g/mol. The second-order valence-corrected chi connectivity index (χ2v) is 5.53. The summed E-state index contributed by atoms with van der Waals surface area (Å²) < 4.78 is -1.13. The molecule has 0 N–H and O–H groups in total. The SMILES string of the molecule is CS[C@H]1C=C[C@H]2[C@@H]1C(=O)C2(Cl)Cl. The third-order valence-corrected chi connectivity index (χ3v) is 4.44. The summed E-state index contributed by atoms with van der Waals surface area (Å²) in [6.07, 6.45) is 5.99. The maximum atomic E-state index is 11.4. The predicted molar refractivity (Wildman–Crippen MR) is 52.9 cm³/mol. The third kappa shape index (κ3) is 0.918. The molecule has 0 aromatic carbocycles. The number of hydrogen-bond donors (Lipinski definition) is 0. The van der Waals surface area contributed by atoms with Gasteiger partial charge in [0.1, 0.15) is 0 Å². The van der Waals surface area contributed by atoms with Crippen LogP contribution in [0, 0.1) is 11.8 Å². The van der Waals surface area contributed by atoms with Gasteiger partial charge in [-0.3, -0.25) is 4.79 Å². The highest BCUT2D eigenvalue weighted by atomic mass is 35.5. The van der Waals surface area contributed by atoms with Gasteiger partial charge in [-0.2, -0.15) is 11.8 Å². The second kappa shape index (κ2) is 2.66. The molecule has 66 valence electrons. The number of hydrogen-bond acceptors (Lipinski definition) is 2. The molecule has 1 nitrogen and oxygen atoms in total. The van der Waals surface area contributed by atoms with E-state index in [0.29, 0.717) is 0 Å². The summed E-state index contributed by atoms with van der Waals surface area (Å²) >= 11 is 13.3. The summed E-state index contributed by atoms with van der Waals surface area (Å²) in [7, 11) is 0. The third-order valence-electron chi connectivity index (χ3n) is 2.57. The first-order chi connectivity index (χ1) is 5.59. The summed E-state index contributed by atoms with van der Waals surface area (Å²) in [6, 6.07) is 0. The summed E-state index contributed by atoms with van der Waals surface area (Å²) in [5, 5.41) is 0.285. The fourth-order valence-corrected chi connectivity index (χ4v) is 3.35. The molecular formula is C8H8Cl2OS. The van der Waals surface area contributed by atoms with E-state index in [1.165, 1.54) is 0 Å². The number of thioether (sulfide) groups is 1. The highest BCUT2D eigenvalue weighted by Gasteiger charge is 2.63. The van der Waals surface area contributed by atoms with Crippen molar-refractivity contribution in [1.82, 2.24) is 0 Å². The quantitative estimate of drug-likeness (QED) is 0.501. The lowest BCUT2D eigenvalue weighted by Gasteiger charge is -2.42. The van der Waals surface area contributed by atoms with Gasteiger partial charge in [-0.05, 0) is 6.26 Å². The molecule has 0 saturated heterocycles. The molecule has 0 spiro atoms. The van der Waals surface area contributed by atoms with Crippen LogP contribution in [0.4, 0.5) is 0 Å². The highest BCUT2D eigenvalue weighted by molar-refractivity contribution is 7.99. The largest absolute Gasteiger partial charge is 0.296 e. The molecule has 2 aliphatic rings. The second-order valence-electron chi connectivity index (χ2n) is 3.12. The van der Waals surface area contributed by atoms with Crippen LogP contribution in [0.5, 0.6) is 0 Å². The maximum absolute atomic E-state index is 11.4. The highest BCUT2D eigenvalue weighted by Crippen LogP contribution is 2.55. The number of ketones is 1. The Kier molecular flexibility index (Phi) is 1.98. The van der Waals surface area contributed by atoms with E-state index in [-0.39, 0.29) is 22.9 Å². The Bertz CT molecular complexity index is 262. The van der Waals surface area contributed by atoms with Gasteiger partial charge in [0.2, 0.25) is 0 Å². The molecule has 0 aromatic heterocycles. The molecule has 4 heteroatoms. The van der Waals surface area contributed by atoms with E-state index < -0.39 is 4.33 Å². The minimum absolute atomic E-state index is 0.0137. The van der Waals surface area contributed by atoms with E-state index in [1.807, 2.05) is 18.4 Å². The molecule has 2 aliphatic carbocycles. The number of rotatable bonds is 1. The number of allylic oxidation sites excluding steroid dienone is 1. The zero-order chi connectivity index (χ0) is 8.93. The van der Waals surface area contributed by atoms with Gasteiger partial charge < -0.3 is 0 Å². The zero-order valence-electron chi connectivity index (χ0n) is 6.46. The van der Waals surface area contributed by atoms with Crippen LogP contribution in [0.3, 0.4) is 0 Å². The van der Waals surface area contributed by atoms with E-state index in [9.17, 15) is 4.79 Å². The van der Waals surface area contributed by atoms with Crippen molar-refractivity contribution in [2.75, 3.05) is 6.26 Å². The van der Waals surface area contributed by atoms with Crippen molar-refractivity contribution in [2.24, 2.45) is 11.8 Å². The van der Waals surface area contributed by atoms with Crippen molar-refractivity contribution in [3.63, 3.8) is 0 Å². The Balaban J connectivity index is 2.22. The molecule has 3 atom stereocenters. The van der Waals surface area contributed by atoms with Crippen LogP contribution in [0.2, 0.25) is 0 Å². The number of Topliss-reactive ketones (excluding diaryl/α,β-unsaturated/α-hetero) is 1. The Labute approximate surface area is 85.5 Å². The lowest BCUT2D eigenvalue weighted by molar-refractivity contribution is -0.132. The zero-order valence-corrected chi connectivity index (χ0v) is 8.79. The van der Waals surface area contributed by atoms with Crippen molar-refractivity contribution >= 4 is 40.7 Å². The standard InChI is InChI=1S/C8H8Cl2OS/c1-12-5-3-2-4-6(5)7(11)8(4,9)10/h2-6H,1H3/t4-,5-,6-/m0/s1. The molecule has 1 fully saturated rings. The van der Waals surface area contributed by atoms with Gasteiger partial charge in [0.25, 0.3) is 0 Å². The normalized spacial score (nSPS) is 42.6. The van der Waals surface area contributed by atoms with Gasteiger partial charge in [0, 0.05) is 17.1 Å². The monoisotopic (exact) mass is 222 g/mol. The lowest BCUT2D eigenvalue weighted by atomic mass is 9.73. The van der Waals surface area contributed by atoms with Crippen LogP contribution in [0.1, 0.15) is 0 Å². The first kappa shape index (κ1) is 8.92. The van der Waals surface area contributed by atoms with Crippen LogP contribution >= 0.6 is 35.0 Å². The van der Waals surface area contributed by atoms with Gasteiger partial charge >= 0.3 is 0 Å². The number of halogens is 2.